The molecule has 2 heterocycles. The van der Waals surface area contributed by atoms with Gasteiger partial charge < -0.3 is 0 Å². The predicted octanol–water partition coefficient (Wildman–Crippen LogP) is 2.46. The Morgan fingerprint density at radius 1 is 1.50 bits per heavy atom. The molecule has 14 heavy (non-hydrogen) atoms. The van der Waals surface area contributed by atoms with E-state index < -0.39 is 0 Å². The van der Waals surface area contributed by atoms with E-state index in [-0.39, 0.29) is 5.78 Å². The van der Waals surface area contributed by atoms with E-state index in [1.165, 1.54) is 17.6 Å². The molecule has 0 saturated carbocycles. The van der Waals surface area contributed by atoms with E-state index in [1.54, 1.807) is 6.07 Å². The number of nitrogens with zero attached hydrogens (tertiary/aromatic N) is 3. The Morgan fingerprint density at radius 3 is 2.86 bits per heavy atom. The standard InChI is InChI=1S/C8H5Br2N3O/c1-4(14)6-3-11-8-5(9)2-7(10)12-13(6)8/h2-3H,1H3. The zero-order chi connectivity index (χ0) is 10.3. The fourth-order valence-electron chi connectivity index (χ4n) is 1.14. The predicted molar refractivity (Wildman–Crippen MR) is 58.4 cm³/mol. The summed E-state index contributed by atoms with van der Waals surface area (Å²) >= 11 is 6.60. The molecule has 0 spiro atoms. The van der Waals surface area contributed by atoms with Crippen molar-refractivity contribution < 1.29 is 4.79 Å². The average molecular weight is 319 g/mol. The van der Waals surface area contributed by atoms with Crippen LogP contribution in [0, 0.1) is 0 Å². The number of aromatic nitrogens is 3. The quantitative estimate of drug-likeness (QED) is 0.759. The number of rotatable bonds is 1. The van der Waals surface area contributed by atoms with E-state index in [4.69, 9.17) is 0 Å². The summed E-state index contributed by atoms with van der Waals surface area (Å²) in [4.78, 5) is 15.3. The molecule has 0 radical (unpaired) electrons. The van der Waals surface area contributed by atoms with Crippen LogP contribution in [-0.4, -0.2) is 20.4 Å². The van der Waals surface area contributed by atoms with Crippen LogP contribution in [0.2, 0.25) is 0 Å². The molecule has 0 aromatic carbocycles. The van der Waals surface area contributed by atoms with E-state index in [0.717, 1.165) is 4.47 Å². The summed E-state index contributed by atoms with van der Waals surface area (Å²) in [6.07, 6.45) is 1.52. The van der Waals surface area contributed by atoms with Gasteiger partial charge >= 0.3 is 0 Å². The van der Waals surface area contributed by atoms with Crippen LogP contribution in [0.15, 0.2) is 21.3 Å². The molecule has 2 rings (SSSR count). The average Bonchev–Trinajstić information content (AvgIpc) is 2.47. The molecule has 2 aromatic rings. The highest BCUT2D eigenvalue weighted by atomic mass is 79.9. The van der Waals surface area contributed by atoms with E-state index in [1.807, 2.05) is 0 Å². The van der Waals surface area contributed by atoms with Gasteiger partial charge in [0.05, 0.1) is 10.7 Å². The van der Waals surface area contributed by atoms with Crippen LogP contribution >= 0.6 is 31.9 Å². The fourth-order valence-corrected chi connectivity index (χ4v) is 2.33. The first-order chi connectivity index (χ1) is 6.59. The van der Waals surface area contributed by atoms with Gasteiger partial charge in [0.1, 0.15) is 10.3 Å². The van der Waals surface area contributed by atoms with Crippen LogP contribution in [0.5, 0.6) is 0 Å². The lowest BCUT2D eigenvalue weighted by molar-refractivity contribution is 0.101. The summed E-state index contributed by atoms with van der Waals surface area (Å²) in [5.41, 5.74) is 1.11. The Morgan fingerprint density at radius 2 is 2.21 bits per heavy atom. The summed E-state index contributed by atoms with van der Waals surface area (Å²) < 4.78 is 2.96. The van der Waals surface area contributed by atoms with Gasteiger partial charge in [-0.25, -0.2) is 9.50 Å². The van der Waals surface area contributed by atoms with Crippen molar-refractivity contribution in [3.05, 3.63) is 27.0 Å². The largest absolute Gasteiger partial charge is 0.293 e. The van der Waals surface area contributed by atoms with Gasteiger partial charge in [0.15, 0.2) is 11.4 Å². The molecule has 0 fully saturated rings. The maximum atomic E-state index is 11.2. The number of carbonyl (C=O) groups is 1. The second-order valence-corrected chi connectivity index (χ2v) is 4.42. The minimum Gasteiger partial charge on any atom is -0.293 e. The molecular weight excluding hydrogens is 314 g/mol. The first-order valence-corrected chi connectivity index (χ1v) is 5.39. The van der Waals surface area contributed by atoms with Crippen molar-refractivity contribution in [1.82, 2.24) is 14.6 Å². The van der Waals surface area contributed by atoms with E-state index in [9.17, 15) is 4.79 Å². The van der Waals surface area contributed by atoms with Gasteiger partial charge in [-0.05, 0) is 37.9 Å². The molecule has 0 saturated heterocycles. The summed E-state index contributed by atoms with van der Waals surface area (Å²) in [6, 6.07) is 1.78. The third-order valence-corrected chi connectivity index (χ3v) is 2.72. The number of hydrogen-bond acceptors (Lipinski definition) is 3. The van der Waals surface area contributed by atoms with E-state index in [0.29, 0.717) is 15.9 Å². The molecule has 0 amide bonds. The van der Waals surface area contributed by atoms with E-state index >= 15 is 0 Å². The van der Waals surface area contributed by atoms with Crippen molar-refractivity contribution in [3.63, 3.8) is 0 Å². The Bertz CT molecular complexity index is 521. The van der Waals surface area contributed by atoms with Crippen LogP contribution in [0.1, 0.15) is 17.4 Å². The zero-order valence-electron chi connectivity index (χ0n) is 7.16. The lowest BCUT2D eigenvalue weighted by atomic mass is 10.3. The van der Waals surface area contributed by atoms with Crippen LogP contribution in [0.4, 0.5) is 0 Å². The smallest absolute Gasteiger partial charge is 0.179 e. The normalized spacial score (nSPS) is 10.8. The molecule has 0 atom stereocenters. The Hall–Kier alpha value is -0.750. The number of fused-ring (bicyclic) bond motifs is 1. The lowest BCUT2D eigenvalue weighted by Gasteiger charge is -1.98. The Balaban J connectivity index is 2.85. The van der Waals surface area contributed by atoms with Gasteiger partial charge in [-0.3, -0.25) is 4.79 Å². The fraction of sp³-hybridized carbons (Fsp3) is 0.125. The molecule has 4 nitrogen and oxygen atoms in total. The van der Waals surface area contributed by atoms with Crippen LogP contribution in [-0.2, 0) is 0 Å². The van der Waals surface area contributed by atoms with Crippen molar-refractivity contribution in [2.24, 2.45) is 0 Å². The lowest BCUT2D eigenvalue weighted by Crippen LogP contribution is -2.02. The molecule has 0 unspecified atom stereocenters. The monoisotopic (exact) mass is 317 g/mol. The van der Waals surface area contributed by atoms with Crippen molar-refractivity contribution in [3.8, 4) is 0 Å². The first kappa shape index (κ1) is 9.79. The molecule has 0 aliphatic heterocycles. The first-order valence-electron chi connectivity index (χ1n) is 3.80. The number of halogens is 2. The number of Topliss-reactive ketones (excluding diaryl/α,β-unsaturated/α-hetero) is 1. The number of hydrogen-bond donors (Lipinski definition) is 0. The molecule has 2 aromatic heterocycles. The highest BCUT2D eigenvalue weighted by Crippen LogP contribution is 2.20. The maximum Gasteiger partial charge on any atom is 0.179 e. The van der Waals surface area contributed by atoms with Crippen LogP contribution < -0.4 is 0 Å². The summed E-state index contributed by atoms with van der Waals surface area (Å²) in [7, 11) is 0. The number of imidazole rings is 1. The van der Waals surface area contributed by atoms with Crippen molar-refractivity contribution >= 4 is 43.3 Å². The molecule has 0 aliphatic carbocycles. The molecule has 0 bridgehead atoms. The Labute approximate surface area is 96.6 Å². The number of carbonyl (C=O) groups excluding carboxylic acids is 1. The van der Waals surface area contributed by atoms with Gasteiger partial charge in [0, 0.05) is 6.92 Å². The van der Waals surface area contributed by atoms with Gasteiger partial charge in [-0.2, -0.15) is 5.10 Å². The topological polar surface area (TPSA) is 47.3 Å². The number of ketones is 1. The zero-order valence-corrected chi connectivity index (χ0v) is 10.3. The maximum absolute atomic E-state index is 11.2. The molecule has 0 aliphatic rings. The molecular formula is C8H5Br2N3O. The van der Waals surface area contributed by atoms with Gasteiger partial charge in [0.25, 0.3) is 0 Å². The minimum absolute atomic E-state index is 0.0602. The van der Waals surface area contributed by atoms with Gasteiger partial charge in [0.2, 0.25) is 0 Å². The molecule has 72 valence electrons. The Kier molecular flexibility index (Phi) is 2.40. The van der Waals surface area contributed by atoms with Gasteiger partial charge in [-0.15, -0.1) is 0 Å². The van der Waals surface area contributed by atoms with Crippen molar-refractivity contribution in [2.75, 3.05) is 0 Å². The van der Waals surface area contributed by atoms with Gasteiger partial charge in [-0.1, -0.05) is 0 Å². The summed E-state index contributed by atoms with van der Waals surface area (Å²) in [6.45, 7) is 1.49. The van der Waals surface area contributed by atoms with E-state index in [2.05, 4.69) is 41.9 Å². The summed E-state index contributed by atoms with van der Waals surface area (Å²) in [5, 5.41) is 4.14. The summed E-state index contributed by atoms with van der Waals surface area (Å²) in [5.74, 6) is -0.0602. The van der Waals surface area contributed by atoms with Crippen LogP contribution in [0.3, 0.4) is 0 Å². The second kappa shape index (κ2) is 3.43. The second-order valence-electron chi connectivity index (χ2n) is 2.75. The minimum atomic E-state index is -0.0602. The third-order valence-electron chi connectivity index (χ3n) is 1.75. The third kappa shape index (κ3) is 1.48. The van der Waals surface area contributed by atoms with Crippen LogP contribution in [0.25, 0.3) is 5.65 Å². The SMILES string of the molecule is CC(=O)c1cnc2c(Br)cc(Br)nn12. The van der Waals surface area contributed by atoms with Crippen molar-refractivity contribution in [1.29, 1.82) is 0 Å². The molecule has 0 N–H and O–H groups in total. The molecule has 6 heteroatoms. The van der Waals surface area contributed by atoms with Crippen molar-refractivity contribution in [2.45, 2.75) is 6.92 Å². The highest BCUT2D eigenvalue weighted by molar-refractivity contribution is 9.11. The highest BCUT2D eigenvalue weighted by Gasteiger charge is 2.11.